The molecular weight excluding hydrogens is 418 g/mol. The van der Waals surface area contributed by atoms with E-state index in [1.54, 1.807) is 17.6 Å². The third kappa shape index (κ3) is 4.50. The summed E-state index contributed by atoms with van der Waals surface area (Å²) >= 11 is 1.53. The zero-order valence-electron chi connectivity index (χ0n) is 17.5. The Kier molecular flexibility index (Phi) is 5.85. The number of para-hydroxylation sites is 2. The van der Waals surface area contributed by atoms with Crippen molar-refractivity contribution in [2.45, 2.75) is 19.6 Å². The third-order valence-electron chi connectivity index (χ3n) is 5.58. The van der Waals surface area contributed by atoms with Crippen molar-refractivity contribution in [1.29, 1.82) is 0 Å². The molecule has 0 bridgehead atoms. The lowest BCUT2D eigenvalue weighted by molar-refractivity contribution is 0.102. The van der Waals surface area contributed by atoms with Gasteiger partial charge in [-0.25, -0.2) is 4.98 Å². The minimum Gasteiger partial charge on any atom is -0.487 e. The summed E-state index contributed by atoms with van der Waals surface area (Å²) < 4.78 is 5.79. The van der Waals surface area contributed by atoms with Crippen molar-refractivity contribution in [1.82, 2.24) is 4.98 Å². The largest absolute Gasteiger partial charge is 0.487 e. The van der Waals surface area contributed by atoms with Crippen molar-refractivity contribution in [2.24, 2.45) is 0 Å². The molecule has 1 amide bonds. The molecule has 2 heterocycles. The highest BCUT2D eigenvalue weighted by Crippen LogP contribution is 2.30. The summed E-state index contributed by atoms with van der Waals surface area (Å²) in [5.41, 5.74) is 7.79. The molecule has 0 atom stereocenters. The first-order valence-corrected chi connectivity index (χ1v) is 11.5. The van der Waals surface area contributed by atoms with Gasteiger partial charge in [0.1, 0.15) is 12.4 Å². The Labute approximate surface area is 191 Å². The average molecular weight is 442 g/mol. The molecule has 5 rings (SSSR count). The highest BCUT2D eigenvalue weighted by atomic mass is 32.1. The molecule has 0 aliphatic carbocycles. The van der Waals surface area contributed by atoms with Crippen molar-refractivity contribution in [3.05, 3.63) is 106 Å². The summed E-state index contributed by atoms with van der Waals surface area (Å²) in [7, 11) is 0. The molecule has 0 fully saturated rings. The molecule has 0 saturated heterocycles. The predicted octanol–water partition coefficient (Wildman–Crippen LogP) is 5.54. The molecule has 0 radical (unpaired) electrons. The van der Waals surface area contributed by atoms with Crippen LogP contribution in [0, 0.1) is 0 Å². The number of rotatable bonds is 7. The second-order valence-electron chi connectivity index (χ2n) is 7.71. The van der Waals surface area contributed by atoms with Crippen molar-refractivity contribution in [2.75, 3.05) is 16.8 Å². The second-order valence-corrected chi connectivity index (χ2v) is 8.43. The fourth-order valence-electron chi connectivity index (χ4n) is 3.94. The number of anilines is 2. The van der Waals surface area contributed by atoms with E-state index in [1.165, 1.54) is 22.6 Å². The van der Waals surface area contributed by atoms with Crippen molar-refractivity contribution >= 4 is 28.6 Å². The van der Waals surface area contributed by atoms with Crippen LogP contribution in [-0.2, 0) is 19.6 Å². The first-order valence-electron chi connectivity index (χ1n) is 10.6. The normalized spacial score (nSPS) is 12.4. The molecule has 0 spiro atoms. The third-order valence-corrected chi connectivity index (χ3v) is 6.21. The van der Waals surface area contributed by atoms with E-state index in [4.69, 9.17) is 4.74 Å². The van der Waals surface area contributed by atoms with E-state index < -0.39 is 0 Å². The number of amides is 1. The molecule has 5 nitrogen and oxygen atoms in total. The Morgan fingerprint density at radius 1 is 1.06 bits per heavy atom. The van der Waals surface area contributed by atoms with E-state index in [0.29, 0.717) is 17.9 Å². The lowest BCUT2D eigenvalue weighted by Gasteiger charge is -2.21. The van der Waals surface area contributed by atoms with Crippen LogP contribution in [0.2, 0.25) is 0 Å². The Bertz CT molecular complexity index is 1220. The maximum absolute atomic E-state index is 13.0. The molecule has 32 heavy (non-hydrogen) atoms. The van der Waals surface area contributed by atoms with Crippen LogP contribution in [0.1, 0.15) is 27.2 Å². The number of fused-ring (bicyclic) bond motifs is 1. The number of thiazole rings is 1. The van der Waals surface area contributed by atoms with Crippen molar-refractivity contribution in [3.8, 4) is 5.75 Å². The Balaban J connectivity index is 1.29. The molecule has 0 unspecified atom stereocenters. The first kappa shape index (κ1) is 20.3. The van der Waals surface area contributed by atoms with E-state index in [1.807, 2.05) is 35.7 Å². The number of ether oxygens (including phenoxy) is 1. The molecule has 160 valence electrons. The van der Waals surface area contributed by atoms with E-state index >= 15 is 0 Å². The van der Waals surface area contributed by atoms with Gasteiger partial charge in [0.2, 0.25) is 0 Å². The molecule has 1 aromatic heterocycles. The Morgan fingerprint density at radius 2 is 1.94 bits per heavy atom. The predicted molar refractivity (Wildman–Crippen MR) is 128 cm³/mol. The van der Waals surface area contributed by atoms with E-state index in [-0.39, 0.29) is 5.91 Å². The number of benzene rings is 3. The van der Waals surface area contributed by atoms with Crippen LogP contribution in [0.4, 0.5) is 11.4 Å². The summed E-state index contributed by atoms with van der Waals surface area (Å²) in [4.78, 5) is 19.6. The zero-order chi connectivity index (χ0) is 21.8. The number of carbonyl (C=O) groups is 1. The number of carbonyl (C=O) groups excluding carboxylic acids is 1. The van der Waals surface area contributed by atoms with Gasteiger partial charge in [-0.05, 0) is 47.9 Å². The zero-order valence-corrected chi connectivity index (χ0v) is 18.3. The van der Waals surface area contributed by atoms with Gasteiger partial charge in [-0.1, -0.05) is 42.5 Å². The highest BCUT2D eigenvalue weighted by Gasteiger charge is 2.19. The van der Waals surface area contributed by atoms with Gasteiger partial charge in [-0.2, -0.15) is 0 Å². The fraction of sp³-hybridized carbons (Fsp3) is 0.154. The molecule has 6 heteroatoms. The molecule has 1 aliphatic heterocycles. The number of nitrogens with zero attached hydrogens (tertiary/aromatic N) is 2. The number of hydrogen-bond acceptors (Lipinski definition) is 5. The van der Waals surface area contributed by atoms with Gasteiger partial charge in [0, 0.05) is 35.4 Å². The van der Waals surface area contributed by atoms with Crippen LogP contribution in [0.25, 0.3) is 0 Å². The monoisotopic (exact) mass is 441 g/mol. The average Bonchev–Trinajstić information content (AvgIpc) is 3.50. The SMILES string of the molecule is O=C(Nc1ccccc1CN1CCc2ccccc21)c1cccc(OCc2cscn2)c1. The minimum atomic E-state index is -0.154. The van der Waals surface area contributed by atoms with Gasteiger partial charge >= 0.3 is 0 Å². The minimum absolute atomic E-state index is 0.154. The molecular formula is C26H23N3O2S. The van der Waals surface area contributed by atoms with Gasteiger partial charge in [-0.3, -0.25) is 4.79 Å². The van der Waals surface area contributed by atoms with Crippen LogP contribution in [0.3, 0.4) is 0 Å². The summed E-state index contributed by atoms with van der Waals surface area (Å²) in [5, 5.41) is 5.04. The topological polar surface area (TPSA) is 54.5 Å². The maximum Gasteiger partial charge on any atom is 0.255 e. The summed E-state index contributed by atoms with van der Waals surface area (Å²) in [5.74, 6) is 0.492. The van der Waals surface area contributed by atoms with Crippen LogP contribution in [-0.4, -0.2) is 17.4 Å². The van der Waals surface area contributed by atoms with Crippen molar-refractivity contribution in [3.63, 3.8) is 0 Å². The van der Waals surface area contributed by atoms with Gasteiger partial charge in [0.05, 0.1) is 11.2 Å². The lowest BCUT2D eigenvalue weighted by atomic mass is 10.1. The van der Waals surface area contributed by atoms with Gasteiger partial charge in [0.25, 0.3) is 5.91 Å². The maximum atomic E-state index is 13.0. The quantitative estimate of drug-likeness (QED) is 0.409. The number of hydrogen-bond donors (Lipinski definition) is 1. The summed E-state index contributed by atoms with van der Waals surface area (Å²) in [6.45, 7) is 2.12. The molecule has 0 saturated carbocycles. The summed E-state index contributed by atoms with van der Waals surface area (Å²) in [6.07, 6.45) is 1.05. The molecule has 1 N–H and O–H groups in total. The molecule has 3 aromatic carbocycles. The molecule has 1 aliphatic rings. The number of nitrogens with one attached hydrogen (secondary N) is 1. The van der Waals surface area contributed by atoms with Gasteiger partial charge < -0.3 is 15.0 Å². The lowest BCUT2D eigenvalue weighted by Crippen LogP contribution is -2.21. The number of aromatic nitrogens is 1. The van der Waals surface area contributed by atoms with Crippen LogP contribution >= 0.6 is 11.3 Å². The van der Waals surface area contributed by atoms with E-state index in [9.17, 15) is 4.79 Å². The standard InChI is InChI=1S/C26H23N3O2S/c30-26(20-8-5-9-23(14-20)31-16-22-17-32-18-27-22)28-24-10-3-1-7-21(24)15-29-13-12-19-6-2-4-11-25(19)29/h1-11,14,17-18H,12-13,15-16H2,(H,28,30). The smallest absolute Gasteiger partial charge is 0.255 e. The van der Waals surface area contributed by atoms with E-state index in [2.05, 4.69) is 45.5 Å². The fourth-order valence-corrected chi connectivity index (χ4v) is 4.49. The Hall–Kier alpha value is -3.64. The van der Waals surface area contributed by atoms with Gasteiger partial charge in [-0.15, -0.1) is 11.3 Å². The first-order chi connectivity index (χ1) is 15.8. The highest BCUT2D eigenvalue weighted by molar-refractivity contribution is 7.07. The summed E-state index contributed by atoms with van der Waals surface area (Å²) in [6, 6.07) is 23.8. The molecule has 4 aromatic rings. The van der Waals surface area contributed by atoms with Crippen molar-refractivity contribution < 1.29 is 9.53 Å². The Morgan fingerprint density at radius 3 is 2.84 bits per heavy atom. The van der Waals surface area contributed by atoms with Crippen LogP contribution < -0.4 is 15.0 Å². The van der Waals surface area contributed by atoms with Crippen LogP contribution in [0.5, 0.6) is 5.75 Å². The van der Waals surface area contributed by atoms with Crippen LogP contribution in [0.15, 0.2) is 83.7 Å². The van der Waals surface area contributed by atoms with E-state index in [0.717, 1.165) is 36.5 Å². The van der Waals surface area contributed by atoms with Gasteiger partial charge in [0.15, 0.2) is 0 Å². The second kappa shape index (κ2) is 9.24.